The van der Waals surface area contributed by atoms with Crippen LogP contribution < -0.4 is 10.1 Å². The molecule has 0 bridgehead atoms. The van der Waals surface area contributed by atoms with Crippen LogP contribution in [0.3, 0.4) is 0 Å². The summed E-state index contributed by atoms with van der Waals surface area (Å²) in [6.45, 7) is 4.49. The van der Waals surface area contributed by atoms with E-state index in [-0.39, 0.29) is 5.69 Å². The van der Waals surface area contributed by atoms with E-state index in [0.717, 1.165) is 5.56 Å². The molecule has 0 aliphatic carbocycles. The van der Waals surface area contributed by atoms with Gasteiger partial charge in [-0.15, -0.1) is 9.05 Å². The number of nitro benzene ring substituents is 1. The van der Waals surface area contributed by atoms with E-state index in [0.29, 0.717) is 23.7 Å². The van der Waals surface area contributed by atoms with E-state index in [9.17, 15) is 14.7 Å². The van der Waals surface area contributed by atoms with Gasteiger partial charge in [-0.25, -0.2) is 0 Å². The van der Waals surface area contributed by atoms with Gasteiger partial charge in [0.15, 0.2) is 0 Å². The van der Waals surface area contributed by atoms with Crippen molar-refractivity contribution in [3.05, 3.63) is 58.1 Å². The van der Waals surface area contributed by atoms with Gasteiger partial charge in [0.05, 0.1) is 19.1 Å². The van der Waals surface area contributed by atoms with Crippen LogP contribution in [0.4, 0.5) is 11.4 Å². The molecule has 26 heavy (non-hydrogen) atoms. The first-order valence-electron chi connectivity index (χ1n) is 7.73. The first-order chi connectivity index (χ1) is 12.4. The molecule has 0 aromatic heterocycles. The zero-order valence-corrected chi connectivity index (χ0v) is 16.0. The molecule has 0 aliphatic heterocycles. The summed E-state index contributed by atoms with van der Waals surface area (Å²) in [7, 11) is 0.817. The van der Waals surface area contributed by atoms with E-state index in [4.69, 9.17) is 4.74 Å². The van der Waals surface area contributed by atoms with Crippen LogP contribution in [0.2, 0.25) is 0 Å². The molecule has 0 aliphatic rings. The maximum Gasteiger partial charge on any atom is 0.696 e. The molecule has 140 valence electrons. The largest absolute Gasteiger partial charge is 0.696 e. The number of aryl methyl sites for hydroxylation is 1. The number of hydrogen-bond donors (Lipinski definition) is 1. The van der Waals surface area contributed by atoms with Crippen LogP contribution in [-0.2, 0) is 13.6 Å². The topological polar surface area (TPSA) is 99.9 Å². The first-order valence-corrected chi connectivity index (χ1v) is 8.83. The lowest BCUT2D eigenvalue weighted by molar-refractivity contribution is -0.384. The third-order valence-electron chi connectivity index (χ3n) is 3.09. The molecule has 0 unspecified atom stereocenters. The number of nitro groups is 1. The van der Waals surface area contributed by atoms with Crippen molar-refractivity contribution in [1.29, 1.82) is 0 Å². The summed E-state index contributed by atoms with van der Waals surface area (Å²) in [6, 6.07) is 12.3. The number of benzene rings is 2. The Labute approximate surface area is 153 Å². The van der Waals surface area contributed by atoms with E-state index in [2.05, 4.69) is 14.4 Å². The van der Waals surface area contributed by atoms with Crippen LogP contribution in [0.15, 0.2) is 42.5 Å². The number of ether oxygens (including phenoxy) is 1. The van der Waals surface area contributed by atoms with Crippen molar-refractivity contribution in [3.63, 3.8) is 0 Å². The molecular weight excluding hydrogens is 359 g/mol. The maximum absolute atomic E-state index is 10.9. The minimum atomic E-state index is -1.83. The fourth-order valence-corrected chi connectivity index (χ4v) is 2.04. The highest BCUT2D eigenvalue weighted by atomic mass is 31.1. The summed E-state index contributed by atoms with van der Waals surface area (Å²) < 4.78 is 23.9. The van der Waals surface area contributed by atoms with Crippen molar-refractivity contribution in [2.45, 2.75) is 13.8 Å². The van der Waals surface area contributed by atoms with Gasteiger partial charge >= 0.3 is 8.25 Å². The van der Waals surface area contributed by atoms with Gasteiger partial charge in [-0.05, 0) is 32.0 Å². The van der Waals surface area contributed by atoms with Gasteiger partial charge in [0, 0.05) is 23.2 Å². The Morgan fingerprint density at radius 1 is 1.08 bits per heavy atom. The highest BCUT2D eigenvalue weighted by Gasteiger charge is 2.14. The Morgan fingerprint density at radius 3 is 2.12 bits per heavy atom. The second kappa shape index (κ2) is 11.1. The Hall–Kier alpha value is -2.54. The van der Waals surface area contributed by atoms with E-state index in [1.54, 1.807) is 12.1 Å². The van der Waals surface area contributed by atoms with Gasteiger partial charge in [0.25, 0.3) is 5.69 Å². The van der Waals surface area contributed by atoms with Crippen LogP contribution in [0, 0.1) is 17.0 Å². The fourth-order valence-electron chi connectivity index (χ4n) is 1.89. The zero-order valence-electron chi connectivity index (χ0n) is 15.1. The maximum atomic E-state index is 10.9. The lowest BCUT2D eigenvalue weighted by Crippen LogP contribution is -2.01. The molecule has 0 amide bonds. The molecule has 2 aromatic carbocycles. The smallest absolute Gasteiger partial charge is 0.457 e. The summed E-state index contributed by atoms with van der Waals surface area (Å²) >= 11 is 0. The average Bonchev–Trinajstić information content (AvgIpc) is 2.63. The molecule has 9 heteroatoms. The van der Waals surface area contributed by atoms with Crippen molar-refractivity contribution in [3.8, 4) is 11.5 Å². The molecule has 0 atom stereocenters. The molecule has 0 heterocycles. The number of nitrogens with one attached hydrogen (secondary N) is 1. The minimum absolute atomic E-state index is 0.0445. The second-order valence-corrected chi connectivity index (χ2v) is 6.15. The minimum Gasteiger partial charge on any atom is -0.457 e. The molecule has 0 saturated carbocycles. The Balaban J connectivity index is 0.000000487. The van der Waals surface area contributed by atoms with Gasteiger partial charge in [0.1, 0.15) is 17.2 Å². The molecule has 2 rings (SSSR count). The third-order valence-corrected chi connectivity index (χ3v) is 3.68. The summed E-state index contributed by atoms with van der Waals surface area (Å²) in [6.07, 6.45) is 0. The summed E-state index contributed by atoms with van der Waals surface area (Å²) in [5.74, 6) is 1.27. The number of anilines is 1. The molecule has 0 spiro atoms. The quantitative estimate of drug-likeness (QED) is 0.406. The van der Waals surface area contributed by atoms with Crippen molar-refractivity contribution in [2.75, 3.05) is 26.1 Å². The highest BCUT2D eigenvalue weighted by Crippen LogP contribution is 2.31. The van der Waals surface area contributed by atoms with Crippen molar-refractivity contribution < 1.29 is 23.3 Å². The van der Waals surface area contributed by atoms with Gasteiger partial charge in [-0.3, -0.25) is 10.1 Å². The molecule has 8 nitrogen and oxygen atoms in total. The van der Waals surface area contributed by atoms with Crippen molar-refractivity contribution in [1.82, 2.24) is 0 Å². The number of hydrogen-bond acceptors (Lipinski definition) is 7. The average molecular weight is 381 g/mol. The monoisotopic (exact) mass is 381 g/mol. The van der Waals surface area contributed by atoms with Crippen LogP contribution in [0.25, 0.3) is 0 Å². The zero-order chi connectivity index (χ0) is 19.5. The van der Waals surface area contributed by atoms with Gasteiger partial charge in [-0.1, -0.05) is 17.7 Å². The van der Waals surface area contributed by atoms with Crippen LogP contribution >= 0.6 is 8.25 Å². The SMILES string of the molecule is CCNc1cc(Oc2ccc(C)cc2)ccc1[N+](=O)[O-].CO[P+](=O)OC. The summed E-state index contributed by atoms with van der Waals surface area (Å²) in [4.78, 5) is 10.5. The molecule has 0 radical (unpaired) electrons. The Bertz CT molecular complexity index is 731. The van der Waals surface area contributed by atoms with E-state index in [1.807, 2.05) is 38.1 Å². The van der Waals surface area contributed by atoms with E-state index < -0.39 is 13.2 Å². The Kier molecular flexibility index (Phi) is 9.22. The highest BCUT2D eigenvalue weighted by molar-refractivity contribution is 7.33. The van der Waals surface area contributed by atoms with Gasteiger partial charge in [-0.2, -0.15) is 0 Å². The van der Waals surface area contributed by atoms with E-state index in [1.165, 1.54) is 20.3 Å². The van der Waals surface area contributed by atoms with Gasteiger partial charge < -0.3 is 10.1 Å². The lowest BCUT2D eigenvalue weighted by atomic mass is 10.2. The number of rotatable bonds is 7. The lowest BCUT2D eigenvalue weighted by Gasteiger charge is -2.09. The van der Waals surface area contributed by atoms with Crippen LogP contribution in [-0.4, -0.2) is 25.7 Å². The van der Waals surface area contributed by atoms with Crippen LogP contribution in [0.5, 0.6) is 11.5 Å². The first kappa shape index (κ1) is 21.5. The molecule has 0 fully saturated rings. The molecular formula is C17H22N2O6P+. The van der Waals surface area contributed by atoms with Gasteiger partial charge in [0.2, 0.25) is 0 Å². The second-order valence-electron chi connectivity index (χ2n) is 4.97. The fraction of sp³-hybridized carbons (Fsp3) is 0.294. The summed E-state index contributed by atoms with van der Waals surface area (Å²) in [5.41, 5.74) is 1.65. The normalized spacial score (nSPS) is 9.69. The number of nitrogens with zero attached hydrogens (tertiary/aromatic N) is 1. The Morgan fingerprint density at radius 2 is 1.65 bits per heavy atom. The van der Waals surface area contributed by atoms with Crippen molar-refractivity contribution in [2.24, 2.45) is 0 Å². The van der Waals surface area contributed by atoms with Crippen LogP contribution in [0.1, 0.15) is 12.5 Å². The summed E-state index contributed by atoms with van der Waals surface area (Å²) in [5, 5.41) is 13.9. The van der Waals surface area contributed by atoms with Crippen molar-refractivity contribution >= 4 is 19.6 Å². The van der Waals surface area contributed by atoms with E-state index >= 15 is 0 Å². The molecule has 1 N–H and O–H groups in total. The molecule has 2 aromatic rings. The standard InChI is InChI=1S/C15H16N2O3.C2H6O3P/c1-3-16-14-10-13(8-9-15(14)17(18)19)20-12-6-4-11(2)5-7-12;1-4-6(3)5-2/h4-10,16H,3H2,1-2H3;1-2H3/q;+1. The molecule has 0 saturated heterocycles. The third kappa shape index (κ3) is 7.14. The predicted molar refractivity (Wildman–Crippen MR) is 100 cm³/mol. The predicted octanol–water partition coefficient (Wildman–Crippen LogP) is 5.06.